The number of aryl methyl sites for hydroxylation is 2. The highest BCUT2D eigenvalue weighted by Gasteiger charge is 2.17. The number of rotatable bonds is 10. The van der Waals surface area contributed by atoms with Crippen molar-refractivity contribution in [2.75, 3.05) is 11.9 Å². The van der Waals surface area contributed by atoms with Crippen molar-refractivity contribution in [2.24, 2.45) is 0 Å². The Kier molecular flexibility index (Phi) is 7.30. The summed E-state index contributed by atoms with van der Waals surface area (Å²) in [7, 11) is 0. The topological polar surface area (TPSA) is 75.1 Å². The summed E-state index contributed by atoms with van der Waals surface area (Å²) in [6, 6.07) is 10.7. The van der Waals surface area contributed by atoms with Gasteiger partial charge < -0.3 is 10.4 Å². The minimum atomic E-state index is -0.818. The first-order valence-corrected chi connectivity index (χ1v) is 11.6. The van der Waals surface area contributed by atoms with E-state index in [4.69, 9.17) is 4.98 Å². The normalized spacial score (nSPS) is 14.0. The fraction of sp³-hybridized carbons (Fsp3) is 0.423. The van der Waals surface area contributed by atoms with Crippen molar-refractivity contribution in [1.29, 1.82) is 0 Å². The molecule has 32 heavy (non-hydrogen) atoms. The van der Waals surface area contributed by atoms with Crippen molar-refractivity contribution in [2.45, 2.75) is 63.7 Å². The molecule has 0 radical (unpaired) electrons. The minimum absolute atomic E-state index is 0.0640. The summed E-state index contributed by atoms with van der Waals surface area (Å²) in [6.07, 6.45) is 10.0. The number of halogens is 1. The molecule has 0 fully saturated rings. The molecule has 1 aliphatic rings. The second kappa shape index (κ2) is 10.5. The molecule has 0 saturated heterocycles. The molecule has 1 atom stereocenters. The van der Waals surface area contributed by atoms with E-state index in [0.717, 1.165) is 74.1 Å². The van der Waals surface area contributed by atoms with E-state index in [1.807, 2.05) is 6.07 Å². The monoisotopic (exact) mass is 435 g/mol. The number of nitrogens with one attached hydrogen (secondary N) is 1. The quantitative estimate of drug-likeness (QED) is 0.389. The second-order valence-corrected chi connectivity index (χ2v) is 8.69. The average Bonchev–Trinajstić information content (AvgIpc) is 2.79. The molecule has 1 unspecified atom stereocenters. The number of hydrogen-bond donors (Lipinski definition) is 2. The van der Waals surface area contributed by atoms with E-state index in [-0.39, 0.29) is 18.2 Å². The molecular weight excluding hydrogens is 405 g/mol. The van der Waals surface area contributed by atoms with Crippen molar-refractivity contribution < 1.29 is 14.3 Å². The summed E-state index contributed by atoms with van der Waals surface area (Å²) in [4.78, 5) is 20.6. The van der Waals surface area contributed by atoms with Gasteiger partial charge in [-0.15, -0.1) is 0 Å². The average molecular weight is 436 g/mol. The lowest BCUT2D eigenvalue weighted by molar-refractivity contribution is -0.137. The summed E-state index contributed by atoms with van der Waals surface area (Å²) in [5, 5.41) is 13.5. The first-order chi connectivity index (χ1) is 15.6. The number of anilines is 1. The molecule has 0 aliphatic carbocycles. The molecule has 3 aromatic rings. The van der Waals surface area contributed by atoms with Crippen LogP contribution < -0.4 is 5.32 Å². The van der Waals surface area contributed by atoms with Crippen LogP contribution in [0.5, 0.6) is 0 Å². The Morgan fingerprint density at radius 2 is 2.00 bits per heavy atom. The number of carbonyl (C=O) groups is 1. The predicted molar refractivity (Wildman–Crippen MR) is 125 cm³/mol. The maximum absolute atomic E-state index is 13.6. The van der Waals surface area contributed by atoms with Crippen LogP contribution in [0.15, 0.2) is 42.6 Å². The lowest BCUT2D eigenvalue weighted by atomic mass is 9.90. The van der Waals surface area contributed by atoms with Crippen LogP contribution in [-0.4, -0.2) is 27.6 Å². The number of nitrogens with zero attached hydrogens (tertiary/aromatic N) is 2. The predicted octanol–water partition coefficient (Wildman–Crippen LogP) is 5.88. The summed E-state index contributed by atoms with van der Waals surface area (Å²) in [5.74, 6) is -0.188. The smallest absolute Gasteiger partial charge is 0.303 e. The van der Waals surface area contributed by atoms with Crippen LogP contribution in [-0.2, 0) is 17.6 Å². The standard InChI is InChI=1S/C26H30FN3O2/c27-22-10-12-24-20(15-22)14-21(17-29-24)19(16-25(31)32)6-3-1-2-4-8-23-11-9-18-7-5-13-28-26(18)30-23/h9-12,14-15,17,19H,1-8,13,16H2,(H,28,30)(H,31,32). The summed E-state index contributed by atoms with van der Waals surface area (Å²) in [6.45, 7) is 1.00. The van der Waals surface area contributed by atoms with Crippen molar-refractivity contribution in [3.05, 3.63) is 65.2 Å². The van der Waals surface area contributed by atoms with E-state index in [2.05, 4.69) is 22.4 Å². The van der Waals surface area contributed by atoms with Crippen LogP contribution in [0.2, 0.25) is 0 Å². The van der Waals surface area contributed by atoms with Crippen LogP contribution in [0.25, 0.3) is 10.9 Å². The molecular formula is C26H30FN3O2. The highest BCUT2D eigenvalue weighted by atomic mass is 19.1. The Morgan fingerprint density at radius 1 is 1.12 bits per heavy atom. The minimum Gasteiger partial charge on any atom is -0.481 e. The zero-order valence-corrected chi connectivity index (χ0v) is 18.3. The molecule has 2 aromatic heterocycles. The van der Waals surface area contributed by atoms with Gasteiger partial charge in [-0.25, -0.2) is 9.37 Å². The number of carboxylic acids is 1. The van der Waals surface area contributed by atoms with Crippen LogP contribution in [0.3, 0.4) is 0 Å². The van der Waals surface area contributed by atoms with Gasteiger partial charge in [0, 0.05) is 23.8 Å². The number of unbranched alkanes of at least 4 members (excludes halogenated alkanes) is 3. The maximum Gasteiger partial charge on any atom is 0.303 e. The fourth-order valence-corrected chi connectivity index (χ4v) is 4.50. The van der Waals surface area contributed by atoms with Gasteiger partial charge in [-0.05, 0) is 79.5 Å². The lowest BCUT2D eigenvalue weighted by Gasteiger charge is -2.17. The molecule has 5 nitrogen and oxygen atoms in total. The van der Waals surface area contributed by atoms with Crippen LogP contribution in [0.4, 0.5) is 10.2 Å². The molecule has 0 spiro atoms. The lowest BCUT2D eigenvalue weighted by Crippen LogP contribution is -2.13. The number of aliphatic carboxylic acids is 1. The Bertz CT molecular complexity index is 1090. The third-order valence-corrected chi connectivity index (χ3v) is 6.24. The highest BCUT2D eigenvalue weighted by molar-refractivity contribution is 5.79. The van der Waals surface area contributed by atoms with Crippen LogP contribution >= 0.6 is 0 Å². The van der Waals surface area contributed by atoms with Gasteiger partial charge in [0.15, 0.2) is 0 Å². The molecule has 2 N–H and O–H groups in total. The van der Waals surface area contributed by atoms with E-state index in [1.54, 1.807) is 12.3 Å². The molecule has 1 aromatic carbocycles. The number of pyridine rings is 2. The Hall–Kier alpha value is -3.02. The van der Waals surface area contributed by atoms with Gasteiger partial charge >= 0.3 is 5.97 Å². The van der Waals surface area contributed by atoms with Gasteiger partial charge in [0.1, 0.15) is 11.6 Å². The molecule has 0 bridgehead atoms. The van der Waals surface area contributed by atoms with Crippen LogP contribution in [0, 0.1) is 5.82 Å². The molecule has 168 valence electrons. The maximum atomic E-state index is 13.6. The van der Waals surface area contributed by atoms with E-state index < -0.39 is 5.97 Å². The van der Waals surface area contributed by atoms with Crippen molar-refractivity contribution >= 4 is 22.7 Å². The van der Waals surface area contributed by atoms with Gasteiger partial charge in [0.05, 0.1) is 11.9 Å². The molecule has 0 amide bonds. The van der Waals surface area contributed by atoms with Gasteiger partial charge in [-0.1, -0.05) is 25.3 Å². The Morgan fingerprint density at radius 3 is 2.88 bits per heavy atom. The summed E-state index contributed by atoms with van der Waals surface area (Å²) >= 11 is 0. The molecule has 1 aliphatic heterocycles. The van der Waals surface area contributed by atoms with E-state index >= 15 is 0 Å². The van der Waals surface area contributed by atoms with E-state index in [0.29, 0.717) is 5.39 Å². The van der Waals surface area contributed by atoms with Gasteiger partial charge in [-0.2, -0.15) is 0 Å². The highest BCUT2D eigenvalue weighted by Crippen LogP contribution is 2.28. The third-order valence-electron chi connectivity index (χ3n) is 6.24. The number of fused-ring (bicyclic) bond motifs is 2. The van der Waals surface area contributed by atoms with Gasteiger partial charge in [0.25, 0.3) is 0 Å². The van der Waals surface area contributed by atoms with Crippen LogP contribution in [0.1, 0.15) is 67.7 Å². The summed E-state index contributed by atoms with van der Waals surface area (Å²) in [5.41, 5.74) is 4.04. The number of benzene rings is 1. The molecule has 4 rings (SSSR count). The Balaban J connectivity index is 1.27. The van der Waals surface area contributed by atoms with Crippen molar-refractivity contribution in [1.82, 2.24) is 9.97 Å². The number of carboxylic acid groups (broad SMARTS) is 1. The molecule has 0 saturated carbocycles. The zero-order valence-electron chi connectivity index (χ0n) is 18.3. The third kappa shape index (κ3) is 5.81. The van der Waals surface area contributed by atoms with Gasteiger partial charge in [-0.3, -0.25) is 9.78 Å². The van der Waals surface area contributed by atoms with E-state index in [9.17, 15) is 14.3 Å². The van der Waals surface area contributed by atoms with Crippen molar-refractivity contribution in [3.63, 3.8) is 0 Å². The van der Waals surface area contributed by atoms with E-state index in [1.165, 1.54) is 24.1 Å². The SMILES string of the molecule is O=C(O)CC(CCCCCCc1ccc2c(n1)NCCC2)c1cnc2ccc(F)cc2c1. The number of hydrogen-bond acceptors (Lipinski definition) is 4. The summed E-state index contributed by atoms with van der Waals surface area (Å²) < 4.78 is 13.6. The fourth-order valence-electron chi connectivity index (χ4n) is 4.50. The largest absolute Gasteiger partial charge is 0.481 e. The number of aromatic nitrogens is 2. The zero-order chi connectivity index (χ0) is 22.3. The molecule has 3 heterocycles. The molecule has 6 heteroatoms. The van der Waals surface area contributed by atoms with Gasteiger partial charge in [0.2, 0.25) is 0 Å². The first kappa shape index (κ1) is 22.2. The first-order valence-electron chi connectivity index (χ1n) is 11.6. The van der Waals surface area contributed by atoms with Crippen molar-refractivity contribution in [3.8, 4) is 0 Å². The Labute approximate surface area is 188 Å². The second-order valence-electron chi connectivity index (χ2n) is 8.69.